The molecule has 0 spiro atoms. The first kappa shape index (κ1) is 29.8. The summed E-state index contributed by atoms with van der Waals surface area (Å²) >= 11 is 0. The summed E-state index contributed by atoms with van der Waals surface area (Å²) in [6, 6.07) is 65.8. The van der Waals surface area contributed by atoms with Gasteiger partial charge in [0.2, 0.25) is 0 Å². The molecule has 0 aliphatic carbocycles. The van der Waals surface area contributed by atoms with Gasteiger partial charge in [0.1, 0.15) is 0 Å². The lowest BCUT2D eigenvalue weighted by Gasteiger charge is -2.13. The Morgan fingerprint density at radius 3 is 1.64 bits per heavy atom. The van der Waals surface area contributed by atoms with Crippen molar-refractivity contribution >= 4 is 92.5 Å². The van der Waals surface area contributed by atoms with Crippen molar-refractivity contribution in [2.75, 3.05) is 0 Å². The third-order valence-corrected chi connectivity index (χ3v) is 12.0. The van der Waals surface area contributed by atoms with E-state index in [1.807, 2.05) is 24.3 Å². The van der Waals surface area contributed by atoms with Crippen molar-refractivity contribution in [1.82, 2.24) is 18.9 Å². The van der Waals surface area contributed by atoms with Crippen molar-refractivity contribution in [3.8, 4) is 28.2 Å². The van der Waals surface area contributed by atoms with Gasteiger partial charge in [-0.2, -0.15) is 0 Å². The molecule has 13 rings (SSSR count). The Hall–Kier alpha value is -7.56. The molecule has 4 nitrogen and oxygen atoms in total. The minimum absolute atomic E-state index is 0.874. The molecule has 4 heteroatoms. The first-order chi connectivity index (χ1) is 27.8. The highest BCUT2D eigenvalue weighted by Crippen LogP contribution is 2.47. The monoisotopic (exact) mass is 710 g/mol. The van der Waals surface area contributed by atoms with Gasteiger partial charge in [-0.05, 0) is 82.2 Å². The number of hydrogen-bond donors (Lipinski definition) is 0. The van der Waals surface area contributed by atoms with Crippen LogP contribution in [0.2, 0.25) is 0 Å². The molecule has 0 atom stereocenters. The summed E-state index contributed by atoms with van der Waals surface area (Å²) < 4.78 is 4.98. The number of nitrogens with zero attached hydrogens (tertiary/aromatic N) is 4. The van der Waals surface area contributed by atoms with Gasteiger partial charge < -0.3 is 8.97 Å². The van der Waals surface area contributed by atoms with Crippen LogP contribution in [0.5, 0.6) is 0 Å². The van der Waals surface area contributed by atoms with Crippen molar-refractivity contribution < 1.29 is 0 Å². The predicted octanol–water partition coefficient (Wildman–Crippen LogP) is 13.5. The first-order valence-electron chi connectivity index (χ1n) is 19.2. The number of para-hydroxylation sites is 4. The molecule has 0 aliphatic rings. The van der Waals surface area contributed by atoms with Crippen LogP contribution in [0, 0.1) is 0 Å². The highest BCUT2D eigenvalue weighted by Gasteiger charge is 2.25. The second-order valence-electron chi connectivity index (χ2n) is 15.0. The molecule has 0 fully saturated rings. The minimum Gasteiger partial charge on any atom is -0.309 e. The van der Waals surface area contributed by atoms with Crippen LogP contribution < -0.4 is 0 Å². The topological polar surface area (TPSA) is 35.1 Å². The maximum atomic E-state index is 5.26. The summed E-state index contributed by atoms with van der Waals surface area (Å²) in [7, 11) is 0. The molecule has 258 valence electrons. The zero-order valence-corrected chi connectivity index (χ0v) is 30.1. The Morgan fingerprint density at radius 1 is 0.339 bits per heavy atom. The lowest BCUT2D eigenvalue weighted by Crippen LogP contribution is -1.97. The van der Waals surface area contributed by atoms with Crippen molar-refractivity contribution in [1.29, 1.82) is 0 Å². The average Bonchev–Trinajstić information content (AvgIpc) is 3.89. The van der Waals surface area contributed by atoms with Gasteiger partial charge in [-0.1, -0.05) is 121 Å². The van der Waals surface area contributed by atoms with Gasteiger partial charge in [0.15, 0.2) is 0 Å². The van der Waals surface area contributed by atoms with E-state index in [0.29, 0.717) is 0 Å². The molecule has 4 heterocycles. The Kier molecular flexibility index (Phi) is 5.86. The largest absolute Gasteiger partial charge is 0.309 e. The van der Waals surface area contributed by atoms with E-state index >= 15 is 0 Å². The molecule has 0 amide bonds. The fourth-order valence-corrected chi connectivity index (χ4v) is 9.47. The minimum atomic E-state index is 0.874. The summed E-state index contributed by atoms with van der Waals surface area (Å²) in [4.78, 5) is 10.5. The summed E-state index contributed by atoms with van der Waals surface area (Å²) in [6.07, 6.45) is 0. The summed E-state index contributed by atoms with van der Waals surface area (Å²) in [5, 5.41) is 12.5. The normalized spacial score (nSPS) is 12.3. The zero-order chi connectivity index (χ0) is 36.5. The van der Waals surface area contributed by atoms with E-state index in [-0.39, 0.29) is 0 Å². The number of benzene rings is 9. The number of hydrogen-bond acceptors (Lipinski definition) is 2. The fraction of sp³-hybridized carbons (Fsp3) is 0. The van der Waals surface area contributed by atoms with Gasteiger partial charge >= 0.3 is 0 Å². The fourth-order valence-electron chi connectivity index (χ4n) is 9.47. The molecular formula is C52H30N4. The van der Waals surface area contributed by atoms with E-state index in [2.05, 4.69) is 167 Å². The van der Waals surface area contributed by atoms with E-state index in [4.69, 9.17) is 9.97 Å². The van der Waals surface area contributed by atoms with Gasteiger partial charge in [0.25, 0.3) is 0 Å². The molecule has 13 aromatic rings. The molecule has 0 unspecified atom stereocenters. The van der Waals surface area contributed by atoms with Crippen LogP contribution >= 0.6 is 0 Å². The SMILES string of the molecule is c1ccc2cc(-c3nc4ccccc4nc3-c3ccc(-n4c5ccccc5c5cc6c7ccccc7n7c8cc9ccccc9cc8c(c54)c67)cc3)ccc2c1. The van der Waals surface area contributed by atoms with E-state index in [1.165, 1.54) is 81.4 Å². The molecule has 0 aliphatic heterocycles. The first-order valence-corrected chi connectivity index (χ1v) is 19.2. The van der Waals surface area contributed by atoms with Crippen LogP contribution in [0.15, 0.2) is 182 Å². The molecule has 0 saturated carbocycles. The van der Waals surface area contributed by atoms with Gasteiger partial charge in [-0.15, -0.1) is 0 Å². The van der Waals surface area contributed by atoms with Gasteiger partial charge in [0, 0.05) is 49.1 Å². The second-order valence-corrected chi connectivity index (χ2v) is 15.0. The Balaban J connectivity index is 1.09. The third-order valence-electron chi connectivity index (χ3n) is 12.0. The van der Waals surface area contributed by atoms with Gasteiger partial charge in [-0.25, -0.2) is 9.97 Å². The number of aromatic nitrogens is 4. The lowest BCUT2D eigenvalue weighted by molar-refractivity contribution is 1.19. The van der Waals surface area contributed by atoms with Crippen molar-refractivity contribution in [2.45, 2.75) is 0 Å². The molecule has 0 N–H and O–H groups in total. The van der Waals surface area contributed by atoms with Crippen LogP contribution in [-0.4, -0.2) is 18.9 Å². The third kappa shape index (κ3) is 4.02. The summed E-state index contributed by atoms with van der Waals surface area (Å²) in [6.45, 7) is 0. The maximum Gasteiger partial charge on any atom is 0.0973 e. The standard InChI is InChI=1S/C52H30N4/c1-2-12-33-27-36(22-21-31(33)11-1)50-49(53-43-17-7-8-18-44(43)54-50)32-23-25-37(26-24-32)55-45-19-9-5-15-38(45)40-30-41-39-16-6-10-20-46(39)56-47-29-35-14-4-3-13-34(35)28-42(47)48(51(40)55)52(41)56/h1-30H. The average molecular weight is 711 g/mol. The van der Waals surface area contributed by atoms with E-state index in [0.717, 1.165) is 39.2 Å². The van der Waals surface area contributed by atoms with E-state index in [9.17, 15) is 0 Å². The van der Waals surface area contributed by atoms with Crippen molar-refractivity contribution in [3.63, 3.8) is 0 Å². The quantitative estimate of drug-likeness (QED) is 0.183. The number of rotatable bonds is 3. The van der Waals surface area contributed by atoms with Crippen LogP contribution in [-0.2, 0) is 0 Å². The molecule has 4 aromatic heterocycles. The van der Waals surface area contributed by atoms with E-state index < -0.39 is 0 Å². The van der Waals surface area contributed by atoms with Gasteiger partial charge in [0.05, 0.1) is 50.0 Å². The van der Waals surface area contributed by atoms with Crippen LogP contribution in [0.25, 0.3) is 121 Å². The van der Waals surface area contributed by atoms with Crippen LogP contribution in [0.4, 0.5) is 0 Å². The number of fused-ring (bicyclic) bond motifs is 13. The van der Waals surface area contributed by atoms with Crippen molar-refractivity contribution in [2.24, 2.45) is 0 Å². The maximum absolute atomic E-state index is 5.26. The summed E-state index contributed by atoms with van der Waals surface area (Å²) in [5.74, 6) is 0. The molecular weight excluding hydrogens is 681 g/mol. The Morgan fingerprint density at radius 2 is 0.893 bits per heavy atom. The highest BCUT2D eigenvalue weighted by atomic mass is 15.0. The highest BCUT2D eigenvalue weighted by molar-refractivity contribution is 6.34. The van der Waals surface area contributed by atoms with Crippen LogP contribution in [0.1, 0.15) is 0 Å². The molecule has 0 radical (unpaired) electrons. The Labute approximate surface area is 320 Å². The molecule has 0 saturated heterocycles. The van der Waals surface area contributed by atoms with E-state index in [1.54, 1.807) is 0 Å². The predicted molar refractivity (Wildman–Crippen MR) is 234 cm³/mol. The molecule has 9 aromatic carbocycles. The summed E-state index contributed by atoms with van der Waals surface area (Å²) in [5.41, 5.74) is 12.9. The Bertz CT molecular complexity index is 3760. The van der Waals surface area contributed by atoms with Gasteiger partial charge in [-0.3, -0.25) is 0 Å². The lowest BCUT2D eigenvalue weighted by atomic mass is 10.00. The van der Waals surface area contributed by atoms with Crippen molar-refractivity contribution in [3.05, 3.63) is 182 Å². The molecule has 56 heavy (non-hydrogen) atoms. The smallest absolute Gasteiger partial charge is 0.0973 e. The second kappa shape index (κ2) is 11.0. The zero-order valence-electron chi connectivity index (χ0n) is 30.1. The van der Waals surface area contributed by atoms with Crippen LogP contribution in [0.3, 0.4) is 0 Å². The molecule has 0 bridgehead atoms.